The van der Waals surface area contributed by atoms with Gasteiger partial charge in [-0.3, -0.25) is 4.79 Å². The van der Waals surface area contributed by atoms with Crippen LogP contribution in [0, 0.1) is 0 Å². The van der Waals surface area contributed by atoms with Crippen molar-refractivity contribution >= 4 is 11.8 Å². The maximum Gasteiger partial charge on any atom is 0.303 e. The van der Waals surface area contributed by atoms with Crippen LogP contribution in [0.4, 0.5) is 5.82 Å². The number of pyridine rings is 1. The lowest BCUT2D eigenvalue weighted by molar-refractivity contribution is -0.137. The molecule has 0 bridgehead atoms. The molecule has 5 heteroatoms. The third-order valence-corrected chi connectivity index (χ3v) is 2.22. The van der Waals surface area contributed by atoms with Crippen molar-refractivity contribution in [2.24, 2.45) is 0 Å². The first-order valence-corrected chi connectivity index (χ1v) is 5.11. The maximum atomic E-state index is 10.3. The molecule has 0 fully saturated rings. The van der Waals surface area contributed by atoms with Gasteiger partial charge in [0.1, 0.15) is 5.82 Å². The number of hydrogen-bond acceptors (Lipinski definition) is 4. The summed E-state index contributed by atoms with van der Waals surface area (Å²) in [6.07, 6.45) is 1.27. The van der Waals surface area contributed by atoms with Crippen LogP contribution in [0.2, 0.25) is 0 Å². The molecule has 1 aromatic heterocycles. The maximum absolute atomic E-state index is 10.3. The number of aliphatic hydroxyl groups is 1. The minimum absolute atomic E-state index is 0.0166. The van der Waals surface area contributed by atoms with Crippen LogP contribution in [0.1, 0.15) is 12.8 Å². The highest BCUT2D eigenvalue weighted by Crippen LogP contribution is 2.08. The molecular weight excluding hydrogens is 208 g/mol. The van der Waals surface area contributed by atoms with Gasteiger partial charge in [0, 0.05) is 26.2 Å². The summed E-state index contributed by atoms with van der Waals surface area (Å²) in [5.41, 5.74) is 0. The quantitative estimate of drug-likeness (QED) is 0.745. The summed E-state index contributed by atoms with van der Waals surface area (Å²) in [4.78, 5) is 16.2. The zero-order valence-corrected chi connectivity index (χ0v) is 9.21. The Labute approximate surface area is 94.4 Å². The molecule has 1 unspecified atom stereocenters. The average molecular weight is 224 g/mol. The van der Waals surface area contributed by atoms with Gasteiger partial charge in [0.15, 0.2) is 0 Å². The number of aliphatic carboxylic acids is 1. The second-order valence-corrected chi connectivity index (χ2v) is 3.65. The van der Waals surface area contributed by atoms with E-state index in [4.69, 9.17) is 5.11 Å². The molecule has 0 saturated heterocycles. The third-order valence-electron chi connectivity index (χ3n) is 2.22. The highest BCUT2D eigenvalue weighted by atomic mass is 16.4. The second kappa shape index (κ2) is 6.07. The molecule has 0 aliphatic heterocycles. The molecule has 0 aliphatic rings. The number of aliphatic hydroxyl groups excluding tert-OH is 1. The van der Waals surface area contributed by atoms with Gasteiger partial charge in [0.2, 0.25) is 0 Å². The number of anilines is 1. The monoisotopic (exact) mass is 224 g/mol. The van der Waals surface area contributed by atoms with Crippen LogP contribution in [0.25, 0.3) is 0 Å². The van der Waals surface area contributed by atoms with Crippen molar-refractivity contribution < 1.29 is 15.0 Å². The van der Waals surface area contributed by atoms with Gasteiger partial charge in [0.05, 0.1) is 6.10 Å². The molecule has 1 rings (SSSR count). The molecule has 0 radical (unpaired) electrons. The summed E-state index contributed by atoms with van der Waals surface area (Å²) < 4.78 is 0. The molecule has 1 heterocycles. The molecule has 0 saturated carbocycles. The van der Waals surface area contributed by atoms with Crippen LogP contribution in [-0.4, -0.2) is 40.9 Å². The number of carboxylic acid groups (broad SMARTS) is 1. The van der Waals surface area contributed by atoms with Crippen LogP contribution < -0.4 is 4.90 Å². The second-order valence-electron chi connectivity index (χ2n) is 3.65. The summed E-state index contributed by atoms with van der Waals surface area (Å²) in [6, 6.07) is 5.52. The molecule has 0 spiro atoms. The lowest BCUT2D eigenvalue weighted by Crippen LogP contribution is -2.29. The number of nitrogens with zero attached hydrogens (tertiary/aromatic N) is 2. The van der Waals surface area contributed by atoms with Crippen LogP contribution in [0.3, 0.4) is 0 Å². The van der Waals surface area contributed by atoms with Crippen LogP contribution >= 0.6 is 0 Å². The number of hydrogen-bond donors (Lipinski definition) is 2. The van der Waals surface area contributed by atoms with Gasteiger partial charge in [-0.1, -0.05) is 6.07 Å². The molecule has 2 N–H and O–H groups in total. The van der Waals surface area contributed by atoms with Crippen molar-refractivity contribution in [1.82, 2.24) is 4.98 Å². The topological polar surface area (TPSA) is 73.7 Å². The van der Waals surface area contributed by atoms with E-state index in [1.807, 2.05) is 25.2 Å². The van der Waals surface area contributed by atoms with Crippen molar-refractivity contribution in [1.29, 1.82) is 0 Å². The van der Waals surface area contributed by atoms with E-state index in [-0.39, 0.29) is 12.8 Å². The van der Waals surface area contributed by atoms with Gasteiger partial charge in [-0.25, -0.2) is 4.98 Å². The van der Waals surface area contributed by atoms with Gasteiger partial charge in [0.25, 0.3) is 0 Å². The van der Waals surface area contributed by atoms with E-state index >= 15 is 0 Å². The fourth-order valence-electron chi connectivity index (χ4n) is 1.37. The molecule has 1 atom stereocenters. The van der Waals surface area contributed by atoms with E-state index in [1.54, 1.807) is 11.1 Å². The van der Waals surface area contributed by atoms with Gasteiger partial charge >= 0.3 is 5.97 Å². The lowest BCUT2D eigenvalue weighted by atomic mass is 10.2. The fourth-order valence-corrected chi connectivity index (χ4v) is 1.37. The number of rotatable bonds is 6. The van der Waals surface area contributed by atoms with Crippen LogP contribution in [0.5, 0.6) is 0 Å². The Morgan fingerprint density at radius 2 is 2.31 bits per heavy atom. The number of aromatic nitrogens is 1. The zero-order chi connectivity index (χ0) is 12.0. The Morgan fingerprint density at radius 3 is 2.88 bits per heavy atom. The standard InChI is InChI=1S/C11H16N2O3/c1-13(10-4-2-3-7-12-10)8-9(14)5-6-11(15)16/h2-4,7,9,14H,5-6,8H2,1H3,(H,15,16). The van der Waals surface area contributed by atoms with E-state index in [9.17, 15) is 9.90 Å². The predicted octanol–water partition coefficient (Wildman–Crippen LogP) is 0.743. The Hall–Kier alpha value is -1.62. The molecule has 0 amide bonds. The average Bonchev–Trinajstić information content (AvgIpc) is 2.27. The first kappa shape index (κ1) is 12.4. The first-order chi connectivity index (χ1) is 7.59. The third kappa shape index (κ3) is 4.27. The predicted molar refractivity (Wildman–Crippen MR) is 60.4 cm³/mol. The largest absolute Gasteiger partial charge is 0.481 e. The smallest absolute Gasteiger partial charge is 0.303 e. The molecule has 0 aromatic carbocycles. The first-order valence-electron chi connectivity index (χ1n) is 5.11. The summed E-state index contributed by atoms with van der Waals surface area (Å²) in [5.74, 6) is -0.128. The Kier molecular flexibility index (Phi) is 4.72. The fraction of sp³-hybridized carbons (Fsp3) is 0.455. The summed E-state index contributed by atoms with van der Waals surface area (Å²) in [5, 5.41) is 18.1. The van der Waals surface area contributed by atoms with Gasteiger partial charge < -0.3 is 15.1 Å². The normalized spacial score (nSPS) is 12.1. The van der Waals surface area contributed by atoms with E-state index in [1.165, 1.54) is 0 Å². The van der Waals surface area contributed by atoms with E-state index in [2.05, 4.69) is 4.98 Å². The molecule has 88 valence electrons. The SMILES string of the molecule is CN(CC(O)CCC(=O)O)c1ccccn1. The van der Waals surface area contributed by atoms with E-state index < -0.39 is 12.1 Å². The van der Waals surface area contributed by atoms with Crippen molar-refractivity contribution in [2.45, 2.75) is 18.9 Å². The molecule has 16 heavy (non-hydrogen) atoms. The van der Waals surface area contributed by atoms with Gasteiger partial charge in [-0.05, 0) is 18.6 Å². The summed E-state index contributed by atoms with van der Waals surface area (Å²) in [6.45, 7) is 0.379. The van der Waals surface area contributed by atoms with Crippen molar-refractivity contribution in [3.05, 3.63) is 24.4 Å². The number of carboxylic acids is 1. The van der Waals surface area contributed by atoms with E-state index in [0.717, 1.165) is 5.82 Å². The highest BCUT2D eigenvalue weighted by Gasteiger charge is 2.11. The zero-order valence-electron chi connectivity index (χ0n) is 9.21. The van der Waals surface area contributed by atoms with Gasteiger partial charge in [-0.15, -0.1) is 0 Å². The molecular formula is C11H16N2O3. The minimum atomic E-state index is -0.889. The van der Waals surface area contributed by atoms with Gasteiger partial charge in [-0.2, -0.15) is 0 Å². The lowest BCUT2D eigenvalue weighted by Gasteiger charge is -2.21. The van der Waals surface area contributed by atoms with Crippen molar-refractivity contribution in [3.63, 3.8) is 0 Å². The Morgan fingerprint density at radius 1 is 1.56 bits per heavy atom. The molecule has 0 aliphatic carbocycles. The van der Waals surface area contributed by atoms with Crippen molar-refractivity contribution in [3.8, 4) is 0 Å². The van der Waals surface area contributed by atoms with E-state index in [0.29, 0.717) is 6.54 Å². The summed E-state index contributed by atoms with van der Waals surface area (Å²) >= 11 is 0. The molecule has 1 aromatic rings. The summed E-state index contributed by atoms with van der Waals surface area (Å²) in [7, 11) is 1.81. The Balaban J connectivity index is 2.39. The number of likely N-dealkylation sites (N-methyl/N-ethyl adjacent to an activating group) is 1. The van der Waals surface area contributed by atoms with Crippen LogP contribution in [-0.2, 0) is 4.79 Å². The molecule has 5 nitrogen and oxygen atoms in total. The minimum Gasteiger partial charge on any atom is -0.481 e. The van der Waals surface area contributed by atoms with Crippen molar-refractivity contribution in [2.75, 3.05) is 18.5 Å². The Bertz CT molecular complexity index is 329. The number of carbonyl (C=O) groups is 1. The van der Waals surface area contributed by atoms with Crippen LogP contribution in [0.15, 0.2) is 24.4 Å². The highest BCUT2D eigenvalue weighted by molar-refractivity contribution is 5.66.